The van der Waals surface area contributed by atoms with Crippen LogP contribution in [-0.2, 0) is 6.54 Å². The fourth-order valence-corrected chi connectivity index (χ4v) is 2.91. The van der Waals surface area contributed by atoms with Crippen molar-refractivity contribution in [2.24, 2.45) is 0 Å². The van der Waals surface area contributed by atoms with E-state index in [4.69, 9.17) is 0 Å². The highest BCUT2D eigenvalue weighted by atomic mass is 16.1. The SMILES string of the molecule is Cc1ccc(Cn2nc(-c3cnc(C)cn3)c3ccccc3c2=O)cc1. The first-order valence-corrected chi connectivity index (χ1v) is 8.46. The average Bonchev–Trinajstić information content (AvgIpc) is 2.67. The zero-order chi connectivity index (χ0) is 18.1. The van der Waals surface area contributed by atoms with Gasteiger partial charge in [0.25, 0.3) is 5.56 Å². The van der Waals surface area contributed by atoms with Gasteiger partial charge in [0.2, 0.25) is 0 Å². The van der Waals surface area contributed by atoms with Crippen LogP contribution in [-0.4, -0.2) is 19.7 Å². The first kappa shape index (κ1) is 16.1. The smallest absolute Gasteiger partial charge is 0.267 e. The first-order chi connectivity index (χ1) is 12.6. The van der Waals surface area contributed by atoms with Crippen LogP contribution in [0.1, 0.15) is 16.8 Å². The minimum absolute atomic E-state index is 0.106. The lowest BCUT2D eigenvalue weighted by Gasteiger charge is -2.11. The summed E-state index contributed by atoms with van der Waals surface area (Å²) >= 11 is 0. The number of fused-ring (bicyclic) bond motifs is 1. The third kappa shape index (κ3) is 2.99. The van der Waals surface area contributed by atoms with Gasteiger partial charge in [-0.2, -0.15) is 5.10 Å². The Hall–Kier alpha value is -3.34. The Kier molecular flexibility index (Phi) is 4.05. The predicted molar refractivity (Wildman–Crippen MR) is 102 cm³/mol. The molecule has 0 amide bonds. The van der Waals surface area contributed by atoms with Crippen LogP contribution in [0.15, 0.2) is 65.7 Å². The van der Waals surface area contributed by atoms with Crippen molar-refractivity contribution in [1.29, 1.82) is 0 Å². The first-order valence-electron chi connectivity index (χ1n) is 8.46. The molecule has 4 aromatic rings. The van der Waals surface area contributed by atoms with E-state index in [1.165, 1.54) is 10.2 Å². The molecule has 0 bridgehead atoms. The van der Waals surface area contributed by atoms with Gasteiger partial charge < -0.3 is 0 Å². The van der Waals surface area contributed by atoms with E-state index in [1.54, 1.807) is 12.4 Å². The van der Waals surface area contributed by atoms with Crippen LogP contribution in [0.5, 0.6) is 0 Å². The van der Waals surface area contributed by atoms with E-state index in [2.05, 4.69) is 15.1 Å². The number of rotatable bonds is 3. The summed E-state index contributed by atoms with van der Waals surface area (Å²) in [4.78, 5) is 21.7. The molecular weight excluding hydrogens is 324 g/mol. The van der Waals surface area contributed by atoms with E-state index in [0.717, 1.165) is 16.6 Å². The van der Waals surface area contributed by atoms with Crippen LogP contribution >= 0.6 is 0 Å². The molecule has 2 aromatic carbocycles. The summed E-state index contributed by atoms with van der Waals surface area (Å²) in [5.74, 6) is 0. The molecule has 26 heavy (non-hydrogen) atoms. The summed E-state index contributed by atoms with van der Waals surface area (Å²) in [6.45, 7) is 4.34. The third-order valence-corrected chi connectivity index (χ3v) is 4.34. The Morgan fingerprint density at radius 3 is 2.31 bits per heavy atom. The van der Waals surface area contributed by atoms with Gasteiger partial charge in [0.15, 0.2) is 0 Å². The van der Waals surface area contributed by atoms with E-state index in [-0.39, 0.29) is 5.56 Å². The minimum atomic E-state index is -0.106. The van der Waals surface area contributed by atoms with Gasteiger partial charge in [0.1, 0.15) is 11.4 Å². The molecule has 0 atom stereocenters. The van der Waals surface area contributed by atoms with Crippen LogP contribution in [0.25, 0.3) is 22.2 Å². The molecule has 0 aliphatic heterocycles. The molecule has 0 aliphatic rings. The quantitative estimate of drug-likeness (QED) is 0.571. The molecule has 4 rings (SSSR count). The standard InChI is InChI=1S/C21H18N4O/c1-14-7-9-16(10-8-14)13-25-21(26)18-6-4-3-5-17(18)20(24-25)19-12-22-15(2)11-23-19/h3-12H,13H2,1-2H3. The molecule has 2 heterocycles. The van der Waals surface area contributed by atoms with Gasteiger partial charge in [-0.3, -0.25) is 14.8 Å². The van der Waals surface area contributed by atoms with E-state index in [0.29, 0.717) is 23.3 Å². The van der Waals surface area contributed by atoms with Crippen LogP contribution in [0.2, 0.25) is 0 Å². The molecule has 0 N–H and O–H groups in total. The lowest BCUT2D eigenvalue weighted by molar-refractivity contribution is 0.650. The molecule has 5 heteroatoms. The summed E-state index contributed by atoms with van der Waals surface area (Å²) in [5.41, 5.74) is 4.27. The highest BCUT2D eigenvalue weighted by Gasteiger charge is 2.13. The topological polar surface area (TPSA) is 60.7 Å². The Morgan fingerprint density at radius 1 is 0.885 bits per heavy atom. The van der Waals surface area contributed by atoms with Crippen molar-refractivity contribution in [1.82, 2.24) is 19.7 Å². The fourth-order valence-electron chi connectivity index (χ4n) is 2.91. The highest BCUT2D eigenvalue weighted by molar-refractivity contribution is 5.92. The fraction of sp³-hybridized carbons (Fsp3) is 0.143. The molecular formula is C21H18N4O. The van der Waals surface area contributed by atoms with Gasteiger partial charge in [0, 0.05) is 11.6 Å². The molecule has 0 saturated heterocycles. The normalized spacial score (nSPS) is 11.0. The number of nitrogens with zero attached hydrogens (tertiary/aromatic N) is 4. The van der Waals surface area contributed by atoms with Crippen molar-refractivity contribution >= 4 is 10.8 Å². The summed E-state index contributed by atoms with van der Waals surface area (Å²) < 4.78 is 1.50. The highest BCUT2D eigenvalue weighted by Crippen LogP contribution is 2.22. The van der Waals surface area contributed by atoms with Crippen molar-refractivity contribution in [3.05, 3.63) is 88.1 Å². The average molecular weight is 342 g/mol. The maximum atomic E-state index is 12.9. The summed E-state index contributed by atoms with van der Waals surface area (Å²) in [7, 11) is 0. The summed E-state index contributed by atoms with van der Waals surface area (Å²) in [6.07, 6.45) is 3.41. The van der Waals surface area contributed by atoms with Crippen LogP contribution in [0, 0.1) is 13.8 Å². The largest absolute Gasteiger partial charge is 0.274 e. The van der Waals surface area contributed by atoms with E-state index in [9.17, 15) is 4.79 Å². The summed E-state index contributed by atoms with van der Waals surface area (Å²) in [6, 6.07) is 15.6. The minimum Gasteiger partial charge on any atom is -0.267 e. The molecule has 0 fully saturated rings. The van der Waals surface area contributed by atoms with Crippen LogP contribution < -0.4 is 5.56 Å². The van der Waals surface area contributed by atoms with Gasteiger partial charge in [-0.25, -0.2) is 4.68 Å². The second-order valence-electron chi connectivity index (χ2n) is 6.39. The second kappa shape index (κ2) is 6.52. The summed E-state index contributed by atoms with van der Waals surface area (Å²) in [5, 5.41) is 6.04. The van der Waals surface area contributed by atoms with E-state index >= 15 is 0 Å². The molecule has 0 unspecified atom stereocenters. The molecule has 0 saturated carbocycles. The Balaban J connectivity index is 1.90. The van der Waals surface area contributed by atoms with Gasteiger partial charge in [-0.15, -0.1) is 0 Å². The molecule has 2 aromatic heterocycles. The number of benzene rings is 2. The zero-order valence-corrected chi connectivity index (χ0v) is 14.7. The van der Waals surface area contributed by atoms with Crippen molar-refractivity contribution in [2.75, 3.05) is 0 Å². The molecule has 0 radical (unpaired) electrons. The van der Waals surface area contributed by atoms with E-state index in [1.807, 2.05) is 62.4 Å². The van der Waals surface area contributed by atoms with Gasteiger partial charge in [-0.1, -0.05) is 48.0 Å². The lowest BCUT2D eigenvalue weighted by Crippen LogP contribution is -2.24. The number of aromatic nitrogens is 4. The van der Waals surface area contributed by atoms with E-state index < -0.39 is 0 Å². The van der Waals surface area contributed by atoms with Crippen LogP contribution in [0.3, 0.4) is 0 Å². The Bertz CT molecular complexity index is 1130. The Morgan fingerprint density at radius 2 is 1.62 bits per heavy atom. The molecule has 0 aliphatic carbocycles. The third-order valence-electron chi connectivity index (χ3n) is 4.34. The van der Waals surface area contributed by atoms with Gasteiger partial charge in [-0.05, 0) is 25.5 Å². The molecule has 0 spiro atoms. The Labute approximate surface area is 151 Å². The zero-order valence-electron chi connectivity index (χ0n) is 14.7. The molecule has 5 nitrogen and oxygen atoms in total. The monoisotopic (exact) mass is 342 g/mol. The van der Waals surface area contributed by atoms with Crippen molar-refractivity contribution < 1.29 is 0 Å². The van der Waals surface area contributed by atoms with Crippen molar-refractivity contribution in [3.63, 3.8) is 0 Å². The van der Waals surface area contributed by atoms with Gasteiger partial charge >= 0.3 is 0 Å². The number of hydrogen-bond donors (Lipinski definition) is 0. The van der Waals surface area contributed by atoms with Crippen molar-refractivity contribution in [2.45, 2.75) is 20.4 Å². The molecule has 128 valence electrons. The van der Waals surface area contributed by atoms with Crippen LogP contribution in [0.4, 0.5) is 0 Å². The number of hydrogen-bond acceptors (Lipinski definition) is 4. The predicted octanol–water partition coefficient (Wildman–Crippen LogP) is 3.52. The maximum absolute atomic E-state index is 12.9. The van der Waals surface area contributed by atoms with Gasteiger partial charge in [0.05, 0.1) is 23.8 Å². The maximum Gasteiger partial charge on any atom is 0.274 e. The lowest BCUT2D eigenvalue weighted by atomic mass is 10.1. The number of aryl methyl sites for hydroxylation is 2. The van der Waals surface area contributed by atoms with Crippen molar-refractivity contribution in [3.8, 4) is 11.4 Å². The second-order valence-corrected chi connectivity index (χ2v) is 6.39.